The van der Waals surface area contributed by atoms with Crippen LogP contribution in [-0.2, 0) is 6.54 Å². The Morgan fingerprint density at radius 2 is 2.21 bits per heavy atom. The molecule has 1 aromatic heterocycles. The Balaban J connectivity index is 2.35. The predicted octanol–water partition coefficient (Wildman–Crippen LogP) is 3.66. The van der Waals surface area contributed by atoms with E-state index in [1.165, 1.54) is 6.07 Å². The summed E-state index contributed by atoms with van der Waals surface area (Å²) in [5.41, 5.74) is 0.830. The first-order valence-electron chi connectivity index (χ1n) is 5.92. The lowest BCUT2D eigenvalue weighted by Gasteiger charge is -2.23. The van der Waals surface area contributed by atoms with Crippen molar-refractivity contribution in [3.63, 3.8) is 0 Å². The van der Waals surface area contributed by atoms with Gasteiger partial charge < -0.3 is 14.4 Å². The van der Waals surface area contributed by atoms with Crippen molar-refractivity contribution < 1.29 is 14.3 Å². The fourth-order valence-electron chi connectivity index (χ4n) is 1.91. The molecule has 19 heavy (non-hydrogen) atoms. The quantitative estimate of drug-likeness (QED) is 0.907. The van der Waals surface area contributed by atoms with E-state index in [-0.39, 0.29) is 5.56 Å². The summed E-state index contributed by atoms with van der Waals surface area (Å²) in [4.78, 5) is 13.2. The molecule has 2 rings (SSSR count). The van der Waals surface area contributed by atoms with Gasteiger partial charge in [0.1, 0.15) is 5.76 Å². The summed E-state index contributed by atoms with van der Waals surface area (Å²) in [5, 5.41) is 9.66. The second-order valence-electron chi connectivity index (χ2n) is 4.06. The number of anilines is 1. The fourth-order valence-corrected chi connectivity index (χ4v) is 2.09. The highest BCUT2D eigenvalue weighted by Crippen LogP contribution is 2.26. The standard InChI is InChI=1S/C14H14ClNO3/c1-2-16(9-11-4-3-7-19-11)13-6-5-10(15)8-12(13)14(17)18/h3-8H,2,9H2,1H3,(H,17,18). The minimum absolute atomic E-state index is 0.195. The fraction of sp³-hybridized carbons (Fsp3) is 0.214. The molecule has 2 aromatic rings. The maximum absolute atomic E-state index is 11.3. The number of carboxylic acids is 1. The zero-order valence-electron chi connectivity index (χ0n) is 10.5. The Kier molecular flexibility index (Phi) is 4.12. The molecule has 0 bridgehead atoms. The highest BCUT2D eigenvalue weighted by Gasteiger charge is 2.16. The summed E-state index contributed by atoms with van der Waals surface area (Å²) < 4.78 is 5.30. The van der Waals surface area contributed by atoms with Crippen LogP contribution in [0.15, 0.2) is 41.0 Å². The molecule has 0 spiro atoms. The van der Waals surface area contributed by atoms with Crippen molar-refractivity contribution in [1.82, 2.24) is 0 Å². The summed E-state index contributed by atoms with van der Waals surface area (Å²) in [6.07, 6.45) is 1.60. The number of rotatable bonds is 5. The maximum Gasteiger partial charge on any atom is 0.337 e. The minimum Gasteiger partial charge on any atom is -0.478 e. The van der Waals surface area contributed by atoms with Gasteiger partial charge in [0.15, 0.2) is 0 Å². The molecular weight excluding hydrogens is 266 g/mol. The molecule has 1 aromatic carbocycles. The third-order valence-electron chi connectivity index (χ3n) is 2.84. The third kappa shape index (κ3) is 3.09. The van der Waals surface area contributed by atoms with Crippen molar-refractivity contribution in [2.75, 3.05) is 11.4 Å². The number of carboxylic acid groups (broad SMARTS) is 1. The van der Waals surface area contributed by atoms with E-state index in [1.54, 1.807) is 18.4 Å². The van der Waals surface area contributed by atoms with Crippen LogP contribution in [0.4, 0.5) is 5.69 Å². The van der Waals surface area contributed by atoms with Gasteiger partial charge in [0.2, 0.25) is 0 Å². The van der Waals surface area contributed by atoms with Crippen LogP contribution >= 0.6 is 11.6 Å². The topological polar surface area (TPSA) is 53.7 Å². The first kappa shape index (κ1) is 13.5. The average molecular weight is 280 g/mol. The highest BCUT2D eigenvalue weighted by atomic mass is 35.5. The van der Waals surface area contributed by atoms with Crippen LogP contribution in [0.2, 0.25) is 5.02 Å². The zero-order chi connectivity index (χ0) is 13.8. The van der Waals surface area contributed by atoms with Crippen molar-refractivity contribution in [3.05, 3.63) is 52.9 Å². The van der Waals surface area contributed by atoms with Crippen LogP contribution in [0, 0.1) is 0 Å². The molecule has 1 heterocycles. The van der Waals surface area contributed by atoms with Gasteiger partial charge in [-0.1, -0.05) is 11.6 Å². The number of furan rings is 1. The van der Waals surface area contributed by atoms with Crippen molar-refractivity contribution in [1.29, 1.82) is 0 Å². The normalized spacial score (nSPS) is 10.4. The van der Waals surface area contributed by atoms with E-state index in [0.717, 1.165) is 5.76 Å². The largest absolute Gasteiger partial charge is 0.478 e. The van der Waals surface area contributed by atoms with Gasteiger partial charge in [-0.15, -0.1) is 0 Å². The molecule has 1 N–H and O–H groups in total. The molecule has 4 nitrogen and oxygen atoms in total. The van der Waals surface area contributed by atoms with Crippen LogP contribution in [0.5, 0.6) is 0 Å². The van der Waals surface area contributed by atoms with Crippen LogP contribution in [-0.4, -0.2) is 17.6 Å². The Labute approximate surface area is 116 Å². The van der Waals surface area contributed by atoms with E-state index in [9.17, 15) is 9.90 Å². The smallest absolute Gasteiger partial charge is 0.337 e. The minimum atomic E-state index is -0.990. The van der Waals surface area contributed by atoms with Crippen LogP contribution in [0.25, 0.3) is 0 Å². The van der Waals surface area contributed by atoms with E-state index in [4.69, 9.17) is 16.0 Å². The lowest BCUT2D eigenvalue weighted by Crippen LogP contribution is -2.24. The summed E-state index contributed by atoms with van der Waals surface area (Å²) in [6, 6.07) is 8.54. The predicted molar refractivity (Wildman–Crippen MR) is 73.8 cm³/mol. The molecule has 0 amide bonds. The second kappa shape index (κ2) is 5.80. The molecule has 0 saturated carbocycles. The first-order valence-corrected chi connectivity index (χ1v) is 6.29. The SMILES string of the molecule is CCN(Cc1ccco1)c1ccc(Cl)cc1C(=O)O. The van der Waals surface area contributed by atoms with Gasteiger partial charge in [-0.25, -0.2) is 4.79 Å². The lowest BCUT2D eigenvalue weighted by molar-refractivity contribution is 0.0697. The van der Waals surface area contributed by atoms with Gasteiger partial charge >= 0.3 is 5.97 Å². The Morgan fingerprint density at radius 1 is 1.42 bits per heavy atom. The van der Waals surface area contributed by atoms with Crippen molar-refractivity contribution in [2.24, 2.45) is 0 Å². The molecular formula is C14H14ClNO3. The van der Waals surface area contributed by atoms with Crippen LogP contribution in [0.1, 0.15) is 23.0 Å². The molecule has 0 atom stereocenters. The van der Waals surface area contributed by atoms with Gasteiger partial charge in [0, 0.05) is 11.6 Å². The van der Waals surface area contributed by atoms with Crippen molar-refractivity contribution in [3.8, 4) is 0 Å². The number of carbonyl (C=O) groups is 1. The molecule has 0 aliphatic rings. The van der Waals surface area contributed by atoms with Gasteiger partial charge in [-0.05, 0) is 37.3 Å². The number of aromatic carboxylic acids is 1. The van der Waals surface area contributed by atoms with Crippen molar-refractivity contribution in [2.45, 2.75) is 13.5 Å². The molecule has 0 radical (unpaired) electrons. The zero-order valence-corrected chi connectivity index (χ0v) is 11.2. The van der Waals surface area contributed by atoms with Gasteiger partial charge in [-0.3, -0.25) is 0 Å². The summed E-state index contributed by atoms with van der Waals surface area (Å²) in [7, 11) is 0. The lowest BCUT2D eigenvalue weighted by atomic mass is 10.1. The van der Waals surface area contributed by atoms with Gasteiger partial charge in [0.25, 0.3) is 0 Å². The number of hydrogen-bond acceptors (Lipinski definition) is 3. The monoisotopic (exact) mass is 279 g/mol. The number of hydrogen-bond donors (Lipinski definition) is 1. The second-order valence-corrected chi connectivity index (χ2v) is 4.50. The van der Waals surface area contributed by atoms with Crippen molar-refractivity contribution >= 4 is 23.3 Å². The van der Waals surface area contributed by atoms with E-state index in [1.807, 2.05) is 24.0 Å². The summed E-state index contributed by atoms with van der Waals surface area (Å²) in [6.45, 7) is 3.15. The third-order valence-corrected chi connectivity index (χ3v) is 3.07. The molecule has 0 unspecified atom stereocenters. The molecule has 0 saturated heterocycles. The molecule has 0 fully saturated rings. The van der Waals surface area contributed by atoms with Crippen LogP contribution in [0.3, 0.4) is 0 Å². The molecule has 100 valence electrons. The molecule has 0 aliphatic carbocycles. The highest BCUT2D eigenvalue weighted by molar-refractivity contribution is 6.31. The summed E-state index contributed by atoms with van der Waals surface area (Å²) >= 11 is 5.85. The average Bonchev–Trinajstić information content (AvgIpc) is 2.89. The van der Waals surface area contributed by atoms with E-state index in [0.29, 0.717) is 23.8 Å². The number of halogens is 1. The van der Waals surface area contributed by atoms with Gasteiger partial charge in [0.05, 0.1) is 24.1 Å². The van der Waals surface area contributed by atoms with Crippen LogP contribution < -0.4 is 4.90 Å². The molecule has 0 aliphatic heterocycles. The maximum atomic E-state index is 11.3. The van der Waals surface area contributed by atoms with Gasteiger partial charge in [-0.2, -0.15) is 0 Å². The number of benzene rings is 1. The van der Waals surface area contributed by atoms with E-state index >= 15 is 0 Å². The summed E-state index contributed by atoms with van der Waals surface area (Å²) in [5.74, 6) is -0.205. The Morgan fingerprint density at radius 3 is 2.79 bits per heavy atom. The Bertz CT molecular complexity index is 566. The Hall–Kier alpha value is -1.94. The van der Waals surface area contributed by atoms with E-state index in [2.05, 4.69) is 0 Å². The first-order chi connectivity index (χ1) is 9.11. The number of nitrogens with zero attached hydrogens (tertiary/aromatic N) is 1. The molecule has 5 heteroatoms. The van der Waals surface area contributed by atoms with E-state index < -0.39 is 5.97 Å².